The van der Waals surface area contributed by atoms with Gasteiger partial charge in [0.2, 0.25) is 5.91 Å². The monoisotopic (exact) mass is 376 g/mol. The van der Waals surface area contributed by atoms with E-state index < -0.39 is 0 Å². The minimum atomic E-state index is -0.206. The first-order valence-electron chi connectivity index (χ1n) is 9.11. The Morgan fingerprint density at radius 3 is 2.79 bits per heavy atom. The van der Waals surface area contributed by atoms with Crippen LogP contribution in [0.4, 0.5) is 5.69 Å². The summed E-state index contributed by atoms with van der Waals surface area (Å²) in [5.41, 5.74) is 2.97. The molecule has 0 aliphatic carbocycles. The number of rotatable bonds is 5. The molecule has 1 saturated heterocycles. The average molecular weight is 376 g/mol. The van der Waals surface area contributed by atoms with Crippen LogP contribution in [0.3, 0.4) is 0 Å². The first kappa shape index (κ1) is 17.8. The molecule has 8 nitrogen and oxygen atoms in total. The standard InChI is InChI=1S/C20H20N6O2/c1-25-19(22-23-24-25)15-6-3-8-17(12-15)21-20(28)16-7-2-5-14(11-16)13-26-10-4-9-18(26)27/h2-3,5-8,11-12H,4,9-10,13H2,1H3,(H,21,28). The van der Waals surface area contributed by atoms with E-state index in [0.29, 0.717) is 30.0 Å². The fraction of sp³-hybridized carbons (Fsp3) is 0.250. The summed E-state index contributed by atoms with van der Waals surface area (Å²) in [6.45, 7) is 1.31. The predicted octanol–water partition coefficient (Wildman–Crippen LogP) is 2.25. The fourth-order valence-electron chi connectivity index (χ4n) is 3.32. The van der Waals surface area contributed by atoms with E-state index in [2.05, 4.69) is 20.8 Å². The topological polar surface area (TPSA) is 93.0 Å². The Balaban J connectivity index is 1.49. The summed E-state index contributed by atoms with van der Waals surface area (Å²) in [4.78, 5) is 26.3. The van der Waals surface area contributed by atoms with Gasteiger partial charge >= 0.3 is 0 Å². The van der Waals surface area contributed by atoms with Gasteiger partial charge in [-0.05, 0) is 46.7 Å². The van der Waals surface area contributed by atoms with E-state index >= 15 is 0 Å². The molecular formula is C20H20N6O2. The number of tetrazole rings is 1. The van der Waals surface area contributed by atoms with Crippen molar-refractivity contribution in [3.05, 3.63) is 59.7 Å². The molecule has 142 valence electrons. The van der Waals surface area contributed by atoms with E-state index in [1.54, 1.807) is 17.8 Å². The van der Waals surface area contributed by atoms with Gasteiger partial charge in [0.15, 0.2) is 5.82 Å². The van der Waals surface area contributed by atoms with Gasteiger partial charge in [0.05, 0.1) is 0 Å². The summed E-state index contributed by atoms with van der Waals surface area (Å²) in [6.07, 6.45) is 1.51. The highest BCUT2D eigenvalue weighted by atomic mass is 16.2. The number of nitrogens with zero attached hydrogens (tertiary/aromatic N) is 5. The lowest BCUT2D eigenvalue weighted by Crippen LogP contribution is -2.24. The van der Waals surface area contributed by atoms with Gasteiger partial charge in [0.25, 0.3) is 5.91 Å². The zero-order valence-electron chi connectivity index (χ0n) is 15.5. The molecule has 0 saturated carbocycles. The van der Waals surface area contributed by atoms with Crippen molar-refractivity contribution in [3.63, 3.8) is 0 Å². The molecular weight excluding hydrogens is 356 g/mol. The maximum Gasteiger partial charge on any atom is 0.255 e. The Hall–Kier alpha value is -3.55. The Bertz CT molecular complexity index is 1030. The van der Waals surface area contributed by atoms with Crippen molar-refractivity contribution < 1.29 is 9.59 Å². The summed E-state index contributed by atoms with van der Waals surface area (Å²) in [7, 11) is 1.76. The summed E-state index contributed by atoms with van der Waals surface area (Å²) in [6, 6.07) is 14.7. The Labute approximate surface area is 162 Å². The number of hydrogen-bond donors (Lipinski definition) is 1. The van der Waals surface area contributed by atoms with Gasteiger partial charge < -0.3 is 10.2 Å². The molecule has 0 unspecified atom stereocenters. The smallest absolute Gasteiger partial charge is 0.255 e. The normalized spacial score (nSPS) is 13.8. The number of aryl methyl sites for hydroxylation is 1. The van der Waals surface area contributed by atoms with Crippen LogP contribution in [0.15, 0.2) is 48.5 Å². The summed E-state index contributed by atoms with van der Waals surface area (Å²) in [5.74, 6) is 0.584. The first-order chi connectivity index (χ1) is 13.6. The van der Waals surface area contributed by atoms with Crippen molar-refractivity contribution in [2.24, 2.45) is 7.05 Å². The van der Waals surface area contributed by atoms with Crippen molar-refractivity contribution in [2.75, 3.05) is 11.9 Å². The molecule has 1 aliphatic heterocycles. The third kappa shape index (κ3) is 3.75. The van der Waals surface area contributed by atoms with Crippen LogP contribution in [0, 0.1) is 0 Å². The van der Waals surface area contributed by atoms with Crippen LogP contribution in [-0.4, -0.2) is 43.5 Å². The summed E-state index contributed by atoms with van der Waals surface area (Å²) in [5, 5.41) is 14.4. The van der Waals surface area contributed by atoms with Gasteiger partial charge in [0, 0.05) is 43.4 Å². The number of likely N-dealkylation sites (tertiary alicyclic amines) is 1. The van der Waals surface area contributed by atoms with Gasteiger partial charge in [-0.1, -0.05) is 24.3 Å². The van der Waals surface area contributed by atoms with Crippen LogP contribution in [-0.2, 0) is 18.4 Å². The van der Waals surface area contributed by atoms with Gasteiger partial charge in [0.1, 0.15) is 0 Å². The van der Waals surface area contributed by atoms with Crippen LogP contribution in [0.1, 0.15) is 28.8 Å². The van der Waals surface area contributed by atoms with Crippen molar-refractivity contribution in [3.8, 4) is 11.4 Å². The molecule has 2 aromatic carbocycles. The second kappa shape index (κ2) is 7.59. The SMILES string of the molecule is Cn1nnnc1-c1cccc(NC(=O)c2cccc(CN3CCCC3=O)c2)c1. The molecule has 1 fully saturated rings. The van der Waals surface area contributed by atoms with Gasteiger partial charge in [-0.25, -0.2) is 4.68 Å². The number of nitrogens with one attached hydrogen (secondary N) is 1. The van der Waals surface area contributed by atoms with Crippen molar-refractivity contribution in [1.82, 2.24) is 25.1 Å². The molecule has 28 heavy (non-hydrogen) atoms. The maximum atomic E-state index is 12.7. The Kier molecular flexibility index (Phi) is 4.84. The van der Waals surface area contributed by atoms with E-state index in [0.717, 1.165) is 24.1 Å². The molecule has 1 aromatic heterocycles. The number of anilines is 1. The quantitative estimate of drug-likeness (QED) is 0.737. The van der Waals surface area contributed by atoms with E-state index in [1.807, 2.05) is 47.4 Å². The van der Waals surface area contributed by atoms with E-state index in [1.165, 1.54) is 0 Å². The number of hydrogen-bond acceptors (Lipinski definition) is 5. The zero-order valence-corrected chi connectivity index (χ0v) is 15.5. The molecule has 3 aromatic rings. The fourth-order valence-corrected chi connectivity index (χ4v) is 3.32. The molecule has 4 rings (SSSR count). The molecule has 8 heteroatoms. The highest BCUT2D eigenvalue weighted by molar-refractivity contribution is 6.04. The Morgan fingerprint density at radius 2 is 2.04 bits per heavy atom. The zero-order chi connectivity index (χ0) is 19.5. The molecule has 2 amide bonds. The number of carbonyl (C=O) groups is 2. The van der Waals surface area contributed by atoms with Crippen molar-refractivity contribution in [1.29, 1.82) is 0 Å². The third-order valence-electron chi connectivity index (χ3n) is 4.73. The highest BCUT2D eigenvalue weighted by Gasteiger charge is 2.20. The Morgan fingerprint density at radius 1 is 1.18 bits per heavy atom. The number of aromatic nitrogens is 4. The van der Waals surface area contributed by atoms with Crippen LogP contribution >= 0.6 is 0 Å². The van der Waals surface area contributed by atoms with Crippen molar-refractivity contribution in [2.45, 2.75) is 19.4 Å². The molecule has 0 bridgehead atoms. The molecule has 0 spiro atoms. The molecule has 1 aliphatic rings. The largest absolute Gasteiger partial charge is 0.338 e. The molecule has 1 N–H and O–H groups in total. The van der Waals surface area contributed by atoms with Crippen LogP contribution in [0.2, 0.25) is 0 Å². The van der Waals surface area contributed by atoms with E-state index in [-0.39, 0.29) is 11.8 Å². The molecule has 0 atom stereocenters. The van der Waals surface area contributed by atoms with Gasteiger partial charge in [-0.3, -0.25) is 9.59 Å². The maximum absolute atomic E-state index is 12.7. The summed E-state index contributed by atoms with van der Waals surface area (Å²) >= 11 is 0. The van der Waals surface area contributed by atoms with E-state index in [9.17, 15) is 9.59 Å². The molecule has 0 radical (unpaired) electrons. The average Bonchev–Trinajstić information content (AvgIpc) is 3.30. The minimum absolute atomic E-state index is 0.171. The second-order valence-corrected chi connectivity index (χ2v) is 6.78. The van der Waals surface area contributed by atoms with E-state index in [4.69, 9.17) is 0 Å². The lowest BCUT2D eigenvalue weighted by Gasteiger charge is -2.16. The van der Waals surface area contributed by atoms with Crippen LogP contribution < -0.4 is 5.32 Å². The number of benzene rings is 2. The predicted molar refractivity (Wildman–Crippen MR) is 103 cm³/mol. The number of amides is 2. The second-order valence-electron chi connectivity index (χ2n) is 6.78. The van der Waals surface area contributed by atoms with Crippen molar-refractivity contribution >= 4 is 17.5 Å². The highest BCUT2D eigenvalue weighted by Crippen LogP contribution is 2.21. The van der Waals surface area contributed by atoms with Gasteiger partial charge in [-0.2, -0.15) is 0 Å². The molecule has 2 heterocycles. The first-order valence-corrected chi connectivity index (χ1v) is 9.11. The lowest BCUT2D eigenvalue weighted by molar-refractivity contribution is -0.128. The third-order valence-corrected chi connectivity index (χ3v) is 4.73. The van der Waals surface area contributed by atoms with Gasteiger partial charge in [-0.15, -0.1) is 5.10 Å². The van der Waals surface area contributed by atoms with Crippen LogP contribution in [0.5, 0.6) is 0 Å². The minimum Gasteiger partial charge on any atom is -0.338 e. The number of carbonyl (C=O) groups excluding carboxylic acids is 2. The van der Waals surface area contributed by atoms with Crippen LogP contribution in [0.25, 0.3) is 11.4 Å². The lowest BCUT2D eigenvalue weighted by atomic mass is 10.1. The summed E-state index contributed by atoms with van der Waals surface area (Å²) < 4.78 is 1.57.